The predicted octanol–water partition coefficient (Wildman–Crippen LogP) is 4.17. The van der Waals surface area contributed by atoms with E-state index in [2.05, 4.69) is 4.72 Å². The highest BCUT2D eigenvalue weighted by Crippen LogP contribution is 2.33. The van der Waals surface area contributed by atoms with Gasteiger partial charge in [0, 0.05) is 10.0 Å². The van der Waals surface area contributed by atoms with Crippen LogP contribution in [0.5, 0.6) is 0 Å². The van der Waals surface area contributed by atoms with Gasteiger partial charge in [0.2, 0.25) is 0 Å². The van der Waals surface area contributed by atoms with E-state index >= 15 is 0 Å². The minimum Gasteiger partial charge on any atom is -0.398 e. The molecule has 0 atom stereocenters. The Hall–Kier alpha value is -1.21. The van der Waals surface area contributed by atoms with Crippen LogP contribution < -0.4 is 10.5 Å². The van der Waals surface area contributed by atoms with Gasteiger partial charge in [-0.3, -0.25) is 4.72 Å². The van der Waals surface area contributed by atoms with Crippen LogP contribution in [0.3, 0.4) is 0 Å². The van der Waals surface area contributed by atoms with Crippen molar-refractivity contribution in [3.05, 3.63) is 51.2 Å². The Morgan fingerprint density at radius 1 is 1.05 bits per heavy atom. The molecule has 0 aliphatic rings. The van der Waals surface area contributed by atoms with Crippen LogP contribution in [0.2, 0.25) is 15.1 Å². The van der Waals surface area contributed by atoms with Gasteiger partial charge in [-0.15, -0.1) is 0 Å². The molecule has 2 aromatic rings. The Kier molecular flexibility index (Phi) is 4.53. The summed E-state index contributed by atoms with van der Waals surface area (Å²) in [5.74, 6) is -0.786. The maximum atomic E-state index is 13.6. The third-order valence-electron chi connectivity index (χ3n) is 2.48. The second-order valence-electron chi connectivity index (χ2n) is 4.04. The molecule has 0 spiro atoms. The highest BCUT2D eigenvalue weighted by molar-refractivity contribution is 7.93. The van der Waals surface area contributed by atoms with E-state index < -0.39 is 15.8 Å². The second-order valence-corrected chi connectivity index (χ2v) is 6.93. The van der Waals surface area contributed by atoms with Gasteiger partial charge in [0.1, 0.15) is 10.7 Å². The maximum absolute atomic E-state index is 13.6. The molecule has 0 amide bonds. The number of benzene rings is 2. The smallest absolute Gasteiger partial charge is 0.265 e. The van der Waals surface area contributed by atoms with Gasteiger partial charge in [-0.25, -0.2) is 12.8 Å². The van der Waals surface area contributed by atoms with E-state index in [1.807, 2.05) is 0 Å². The zero-order valence-corrected chi connectivity index (χ0v) is 13.3. The summed E-state index contributed by atoms with van der Waals surface area (Å²) < 4.78 is 40.2. The number of nitrogens with two attached hydrogens (primary N) is 1. The monoisotopic (exact) mass is 368 g/mol. The molecule has 0 aliphatic heterocycles. The molecule has 0 aliphatic carbocycles. The molecule has 0 radical (unpaired) electrons. The number of halogens is 4. The van der Waals surface area contributed by atoms with Crippen LogP contribution in [0.1, 0.15) is 0 Å². The summed E-state index contributed by atoms with van der Waals surface area (Å²) in [6.07, 6.45) is 0. The Bertz CT molecular complexity index is 789. The summed E-state index contributed by atoms with van der Waals surface area (Å²) in [6.45, 7) is 0. The SMILES string of the molecule is Nc1cc(Cl)cc(Cl)c1S(=O)(=O)Nc1cc(Cl)ccc1F. The second kappa shape index (κ2) is 5.88. The number of nitrogens with one attached hydrogen (secondary N) is 1. The van der Waals surface area contributed by atoms with E-state index in [0.717, 1.165) is 12.1 Å². The lowest BCUT2D eigenvalue weighted by Gasteiger charge is -2.12. The highest BCUT2D eigenvalue weighted by Gasteiger charge is 2.23. The van der Waals surface area contributed by atoms with Crippen molar-refractivity contribution in [2.24, 2.45) is 0 Å². The number of sulfonamides is 1. The van der Waals surface area contributed by atoms with Gasteiger partial charge >= 0.3 is 0 Å². The number of hydrogen-bond acceptors (Lipinski definition) is 3. The van der Waals surface area contributed by atoms with Crippen molar-refractivity contribution < 1.29 is 12.8 Å². The zero-order chi connectivity index (χ0) is 15.8. The third-order valence-corrected chi connectivity index (χ3v) is 4.82. The van der Waals surface area contributed by atoms with Crippen molar-refractivity contribution in [3.8, 4) is 0 Å². The van der Waals surface area contributed by atoms with Crippen molar-refractivity contribution in [1.82, 2.24) is 0 Å². The Labute approximate surface area is 135 Å². The molecule has 2 rings (SSSR count). The van der Waals surface area contributed by atoms with Gasteiger partial charge < -0.3 is 5.73 Å². The molecule has 3 N–H and O–H groups in total. The van der Waals surface area contributed by atoms with Crippen LogP contribution in [-0.2, 0) is 10.0 Å². The summed E-state index contributed by atoms with van der Waals surface area (Å²) in [4.78, 5) is -0.382. The Morgan fingerprint density at radius 2 is 1.71 bits per heavy atom. The van der Waals surface area contributed by atoms with Crippen LogP contribution in [0.25, 0.3) is 0 Å². The van der Waals surface area contributed by atoms with Crippen LogP contribution >= 0.6 is 34.8 Å². The van der Waals surface area contributed by atoms with E-state index in [-0.39, 0.29) is 31.3 Å². The minimum absolute atomic E-state index is 0.151. The van der Waals surface area contributed by atoms with E-state index in [0.29, 0.717) is 0 Å². The molecule has 0 fully saturated rings. The molecule has 4 nitrogen and oxygen atoms in total. The molecule has 0 saturated carbocycles. The van der Waals surface area contributed by atoms with Gasteiger partial charge in [-0.2, -0.15) is 0 Å². The topological polar surface area (TPSA) is 72.2 Å². The van der Waals surface area contributed by atoms with Gasteiger partial charge in [0.25, 0.3) is 10.0 Å². The first-order valence-electron chi connectivity index (χ1n) is 5.43. The highest BCUT2D eigenvalue weighted by atomic mass is 35.5. The molecular weight excluding hydrogens is 362 g/mol. The van der Waals surface area contributed by atoms with Crippen LogP contribution in [-0.4, -0.2) is 8.42 Å². The average molecular weight is 370 g/mol. The van der Waals surface area contributed by atoms with Gasteiger partial charge in [-0.05, 0) is 30.3 Å². The van der Waals surface area contributed by atoms with E-state index in [1.165, 1.54) is 18.2 Å². The Balaban J connectivity index is 2.51. The summed E-state index contributed by atoms with van der Waals surface area (Å²) >= 11 is 17.3. The fourth-order valence-corrected chi connectivity index (χ4v) is 3.85. The van der Waals surface area contributed by atoms with Crippen molar-refractivity contribution in [3.63, 3.8) is 0 Å². The quantitative estimate of drug-likeness (QED) is 0.798. The van der Waals surface area contributed by atoms with Gasteiger partial charge in [0.05, 0.1) is 16.4 Å². The lowest BCUT2D eigenvalue weighted by atomic mass is 10.3. The van der Waals surface area contributed by atoms with Crippen LogP contribution in [0, 0.1) is 5.82 Å². The van der Waals surface area contributed by atoms with Gasteiger partial charge in [0.15, 0.2) is 0 Å². The first-order valence-corrected chi connectivity index (χ1v) is 8.05. The summed E-state index contributed by atoms with van der Waals surface area (Å²) in [7, 11) is -4.19. The first kappa shape index (κ1) is 16.2. The Morgan fingerprint density at radius 3 is 2.33 bits per heavy atom. The number of rotatable bonds is 3. The predicted molar refractivity (Wildman–Crippen MR) is 83.1 cm³/mol. The minimum atomic E-state index is -4.19. The van der Waals surface area contributed by atoms with E-state index in [1.54, 1.807) is 0 Å². The average Bonchev–Trinajstić information content (AvgIpc) is 2.31. The lowest BCUT2D eigenvalue weighted by Crippen LogP contribution is -2.16. The van der Waals surface area contributed by atoms with Crippen molar-refractivity contribution >= 4 is 56.2 Å². The standard InChI is InChI=1S/C12H8Cl3FN2O2S/c13-6-1-2-9(16)11(5-6)18-21(19,20)12-8(15)3-7(14)4-10(12)17/h1-5,18H,17H2. The summed E-state index contributed by atoms with van der Waals surface area (Å²) in [5.41, 5.74) is 5.16. The molecule has 2 aromatic carbocycles. The largest absolute Gasteiger partial charge is 0.398 e. The zero-order valence-electron chi connectivity index (χ0n) is 10.2. The normalized spacial score (nSPS) is 11.4. The summed E-state index contributed by atoms with van der Waals surface area (Å²) in [6, 6.07) is 5.92. The van der Waals surface area contributed by atoms with Crippen molar-refractivity contribution in [2.75, 3.05) is 10.5 Å². The molecule has 0 unspecified atom stereocenters. The molecule has 21 heavy (non-hydrogen) atoms. The molecule has 0 aromatic heterocycles. The molecular formula is C12H8Cl3FN2O2S. The molecule has 0 heterocycles. The molecule has 0 saturated heterocycles. The molecule has 112 valence electrons. The van der Waals surface area contributed by atoms with Crippen molar-refractivity contribution in [2.45, 2.75) is 4.90 Å². The lowest BCUT2D eigenvalue weighted by molar-refractivity contribution is 0.599. The first-order chi connectivity index (χ1) is 9.70. The summed E-state index contributed by atoms with van der Waals surface area (Å²) in [5, 5.41) is 0.185. The molecule has 0 bridgehead atoms. The number of hydrogen-bond donors (Lipinski definition) is 2. The van der Waals surface area contributed by atoms with E-state index in [4.69, 9.17) is 40.5 Å². The fraction of sp³-hybridized carbons (Fsp3) is 0. The maximum Gasteiger partial charge on any atom is 0.265 e. The third kappa shape index (κ3) is 3.52. The fourth-order valence-electron chi connectivity index (χ4n) is 1.64. The molecule has 9 heteroatoms. The van der Waals surface area contributed by atoms with Crippen molar-refractivity contribution in [1.29, 1.82) is 0 Å². The number of anilines is 2. The number of nitrogen functional groups attached to an aromatic ring is 1. The van der Waals surface area contributed by atoms with E-state index in [9.17, 15) is 12.8 Å². The van der Waals surface area contributed by atoms with Crippen LogP contribution in [0.4, 0.5) is 15.8 Å². The van der Waals surface area contributed by atoms with Crippen LogP contribution in [0.15, 0.2) is 35.2 Å². The van der Waals surface area contributed by atoms with Gasteiger partial charge in [-0.1, -0.05) is 34.8 Å².